The second-order valence-corrected chi connectivity index (χ2v) is 5.06. The molecule has 1 aromatic carbocycles. The van der Waals surface area contributed by atoms with Gasteiger partial charge >= 0.3 is 0 Å². The summed E-state index contributed by atoms with van der Waals surface area (Å²) in [4.78, 5) is 8.85. The third-order valence-electron chi connectivity index (χ3n) is 3.88. The predicted octanol–water partition coefficient (Wildman–Crippen LogP) is 2.70. The Balaban J connectivity index is 1.98. The Bertz CT molecular complexity index is 573. The molecule has 0 amide bonds. The van der Waals surface area contributed by atoms with Crippen molar-refractivity contribution in [3.05, 3.63) is 48.2 Å². The Morgan fingerprint density at radius 1 is 1.16 bits per heavy atom. The molecular formula is C15H15FN2O. The summed E-state index contributed by atoms with van der Waals surface area (Å²) in [6.45, 7) is 0.0832. The fourth-order valence-electron chi connectivity index (χ4n) is 2.45. The number of hydrogen-bond acceptors (Lipinski definition) is 3. The van der Waals surface area contributed by atoms with Gasteiger partial charge in [0.1, 0.15) is 11.6 Å². The van der Waals surface area contributed by atoms with E-state index in [4.69, 9.17) is 0 Å². The van der Waals surface area contributed by atoms with Gasteiger partial charge in [0.25, 0.3) is 0 Å². The van der Waals surface area contributed by atoms with Crippen molar-refractivity contribution in [3.8, 4) is 11.3 Å². The molecule has 2 aromatic rings. The summed E-state index contributed by atoms with van der Waals surface area (Å²) in [7, 11) is 0. The third-order valence-corrected chi connectivity index (χ3v) is 3.88. The lowest BCUT2D eigenvalue weighted by Crippen LogP contribution is -2.39. The second-order valence-electron chi connectivity index (χ2n) is 5.06. The van der Waals surface area contributed by atoms with Gasteiger partial charge in [-0.1, -0.05) is 6.42 Å². The van der Waals surface area contributed by atoms with E-state index in [1.54, 1.807) is 24.4 Å². The van der Waals surface area contributed by atoms with Gasteiger partial charge in [0.05, 0.1) is 17.7 Å². The lowest BCUT2D eigenvalue weighted by Gasteiger charge is -2.38. The first-order valence-electron chi connectivity index (χ1n) is 6.44. The van der Waals surface area contributed by atoms with Crippen LogP contribution in [0, 0.1) is 5.82 Å². The minimum Gasteiger partial charge on any atom is -0.395 e. The molecule has 1 N–H and O–H groups in total. The molecule has 1 aromatic heterocycles. The van der Waals surface area contributed by atoms with Gasteiger partial charge in [-0.15, -0.1) is 0 Å². The first-order chi connectivity index (χ1) is 9.23. The van der Waals surface area contributed by atoms with Crippen LogP contribution in [0.3, 0.4) is 0 Å². The highest BCUT2D eigenvalue weighted by atomic mass is 19.1. The summed E-state index contributed by atoms with van der Waals surface area (Å²) in [5.41, 5.74) is 1.36. The summed E-state index contributed by atoms with van der Waals surface area (Å²) >= 11 is 0. The van der Waals surface area contributed by atoms with E-state index in [0.717, 1.165) is 30.5 Å². The molecule has 98 valence electrons. The maximum absolute atomic E-state index is 12.9. The molecule has 0 bridgehead atoms. The van der Waals surface area contributed by atoms with Gasteiger partial charge in [0, 0.05) is 11.8 Å². The van der Waals surface area contributed by atoms with Gasteiger partial charge in [-0.25, -0.2) is 14.4 Å². The minimum atomic E-state index is -0.268. The highest BCUT2D eigenvalue weighted by Crippen LogP contribution is 2.41. The molecule has 0 unspecified atom stereocenters. The number of nitrogens with zero attached hydrogens (tertiary/aromatic N) is 2. The van der Waals surface area contributed by atoms with Crippen molar-refractivity contribution in [3.63, 3.8) is 0 Å². The molecule has 1 fully saturated rings. The Labute approximate surface area is 111 Å². The van der Waals surface area contributed by atoms with Crippen molar-refractivity contribution >= 4 is 0 Å². The molecule has 1 aliphatic rings. The van der Waals surface area contributed by atoms with E-state index in [-0.39, 0.29) is 17.8 Å². The highest BCUT2D eigenvalue weighted by molar-refractivity contribution is 5.58. The summed E-state index contributed by atoms with van der Waals surface area (Å²) in [6, 6.07) is 8.05. The molecule has 0 atom stereocenters. The van der Waals surface area contributed by atoms with Crippen molar-refractivity contribution in [2.45, 2.75) is 24.7 Å². The normalized spacial score (nSPS) is 16.9. The van der Waals surface area contributed by atoms with Crippen molar-refractivity contribution < 1.29 is 9.50 Å². The van der Waals surface area contributed by atoms with Crippen LogP contribution in [0.15, 0.2) is 36.5 Å². The third kappa shape index (κ3) is 2.12. The van der Waals surface area contributed by atoms with E-state index in [1.165, 1.54) is 12.1 Å². The lowest BCUT2D eigenvalue weighted by atomic mass is 9.68. The van der Waals surface area contributed by atoms with Gasteiger partial charge in [-0.05, 0) is 43.2 Å². The number of hydrogen-bond donors (Lipinski definition) is 1. The number of halogens is 1. The second kappa shape index (κ2) is 4.70. The van der Waals surface area contributed by atoms with Crippen LogP contribution in [0.5, 0.6) is 0 Å². The monoisotopic (exact) mass is 258 g/mol. The first kappa shape index (κ1) is 12.2. The standard InChI is InChI=1S/C15H15FN2O/c16-12-4-2-11(3-5-12)13-6-9-17-14(18-13)15(10-19)7-1-8-15/h2-6,9,19H,1,7-8,10H2. The first-order valence-corrected chi connectivity index (χ1v) is 6.44. The minimum absolute atomic E-state index is 0.0832. The van der Waals surface area contributed by atoms with Gasteiger partial charge in [0.2, 0.25) is 0 Å². The van der Waals surface area contributed by atoms with Crippen LogP contribution in [0.4, 0.5) is 4.39 Å². The predicted molar refractivity (Wildman–Crippen MR) is 70.0 cm³/mol. The average molecular weight is 258 g/mol. The molecule has 3 nitrogen and oxygen atoms in total. The number of aliphatic hydroxyl groups is 1. The van der Waals surface area contributed by atoms with Gasteiger partial charge < -0.3 is 5.11 Å². The Hall–Kier alpha value is -1.81. The van der Waals surface area contributed by atoms with Gasteiger partial charge in [-0.3, -0.25) is 0 Å². The molecule has 0 radical (unpaired) electrons. The largest absolute Gasteiger partial charge is 0.395 e. The molecule has 0 spiro atoms. The molecule has 0 aliphatic heterocycles. The lowest BCUT2D eigenvalue weighted by molar-refractivity contribution is 0.112. The van der Waals surface area contributed by atoms with Crippen molar-refractivity contribution in [2.24, 2.45) is 0 Å². The smallest absolute Gasteiger partial charge is 0.137 e. The molecular weight excluding hydrogens is 243 g/mol. The van der Waals surface area contributed by atoms with E-state index < -0.39 is 0 Å². The van der Waals surface area contributed by atoms with Crippen LogP contribution < -0.4 is 0 Å². The fraction of sp³-hybridized carbons (Fsp3) is 0.333. The number of rotatable bonds is 3. The van der Waals surface area contributed by atoms with E-state index in [9.17, 15) is 9.50 Å². The Morgan fingerprint density at radius 3 is 2.47 bits per heavy atom. The molecule has 4 heteroatoms. The molecule has 3 rings (SSSR count). The molecule has 1 aliphatic carbocycles. The summed E-state index contributed by atoms with van der Waals surface area (Å²) in [5.74, 6) is 0.437. The average Bonchev–Trinajstić information content (AvgIpc) is 2.39. The van der Waals surface area contributed by atoms with E-state index >= 15 is 0 Å². The van der Waals surface area contributed by atoms with E-state index in [2.05, 4.69) is 9.97 Å². The van der Waals surface area contributed by atoms with E-state index in [0.29, 0.717) is 5.82 Å². The van der Waals surface area contributed by atoms with Gasteiger partial charge in [-0.2, -0.15) is 0 Å². The molecule has 0 saturated heterocycles. The Kier molecular flexibility index (Phi) is 3.03. The summed E-state index contributed by atoms with van der Waals surface area (Å²) < 4.78 is 12.9. The van der Waals surface area contributed by atoms with Crippen molar-refractivity contribution in [1.82, 2.24) is 9.97 Å². The fourth-order valence-corrected chi connectivity index (χ4v) is 2.45. The molecule has 19 heavy (non-hydrogen) atoms. The van der Waals surface area contributed by atoms with Crippen molar-refractivity contribution in [1.29, 1.82) is 0 Å². The van der Waals surface area contributed by atoms with Crippen molar-refractivity contribution in [2.75, 3.05) is 6.61 Å². The van der Waals surface area contributed by atoms with Crippen LogP contribution in [-0.4, -0.2) is 21.7 Å². The van der Waals surface area contributed by atoms with Crippen LogP contribution in [0.1, 0.15) is 25.1 Å². The van der Waals surface area contributed by atoms with Crippen LogP contribution in [0.25, 0.3) is 11.3 Å². The maximum atomic E-state index is 12.9. The van der Waals surface area contributed by atoms with Crippen LogP contribution in [0.2, 0.25) is 0 Å². The van der Waals surface area contributed by atoms with E-state index in [1.807, 2.05) is 0 Å². The number of benzene rings is 1. The number of aromatic nitrogens is 2. The summed E-state index contributed by atoms with van der Waals surface area (Å²) in [6.07, 6.45) is 4.66. The maximum Gasteiger partial charge on any atom is 0.137 e. The number of aliphatic hydroxyl groups excluding tert-OH is 1. The highest BCUT2D eigenvalue weighted by Gasteiger charge is 2.40. The SMILES string of the molecule is OCC1(c2nccc(-c3ccc(F)cc3)n2)CCC1. The Morgan fingerprint density at radius 2 is 1.89 bits per heavy atom. The summed E-state index contributed by atoms with van der Waals surface area (Å²) in [5, 5.41) is 9.56. The van der Waals surface area contributed by atoms with Crippen LogP contribution in [-0.2, 0) is 5.41 Å². The quantitative estimate of drug-likeness (QED) is 0.920. The zero-order valence-electron chi connectivity index (χ0n) is 10.5. The zero-order chi connectivity index (χ0) is 13.3. The van der Waals surface area contributed by atoms with Gasteiger partial charge in [0.15, 0.2) is 0 Å². The molecule has 1 heterocycles. The zero-order valence-corrected chi connectivity index (χ0v) is 10.5. The molecule has 1 saturated carbocycles. The van der Waals surface area contributed by atoms with Crippen LogP contribution >= 0.6 is 0 Å². The topological polar surface area (TPSA) is 46.0 Å².